The molecule has 0 heterocycles. The second-order valence-electron chi connectivity index (χ2n) is 3.31. The van der Waals surface area contributed by atoms with E-state index in [0.717, 1.165) is 0 Å². The molecule has 0 saturated heterocycles. The van der Waals surface area contributed by atoms with Crippen LogP contribution in [-0.2, 0) is 0 Å². The Morgan fingerprint density at radius 3 is 2.00 bits per heavy atom. The lowest BCUT2D eigenvalue weighted by molar-refractivity contribution is 0.686. The molecular formula is C7H4Cl6. The van der Waals surface area contributed by atoms with Gasteiger partial charge in [0.05, 0.1) is 5.38 Å². The van der Waals surface area contributed by atoms with Gasteiger partial charge in [0.25, 0.3) is 0 Å². The van der Waals surface area contributed by atoms with Crippen LogP contribution in [0.3, 0.4) is 0 Å². The average Bonchev–Trinajstić information content (AvgIpc) is 2.18. The van der Waals surface area contributed by atoms with Gasteiger partial charge in [-0.15, -0.1) is 34.8 Å². The zero-order valence-electron chi connectivity index (χ0n) is 6.13. The minimum Gasteiger partial charge on any atom is -0.121 e. The van der Waals surface area contributed by atoms with Crippen molar-refractivity contribution in [3.8, 4) is 0 Å². The minimum absolute atomic E-state index is 0.377. The normalized spacial score (nSPS) is 52.5. The Balaban J connectivity index is 2.62. The van der Waals surface area contributed by atoms with Crippen molar-refractivity contribution in [3.05, 3.63) is 11.1 Å². The maximum Gasteiger partial charge on any atom is 0.166 e. The molecule has 0 aromatic rings. The maximum absolute atomic E-state index is 6.19. The van der Waals surface area contributed by atoms with Crippen molar-refractivity contribution in [1.29, 1.82) is 0 Å². The van der Waals surface area contributed by atoms with E-state index < -0.39 is 19.5 Å². The molecule has 2 aliphatic carbocycles. The van der Waals surface area contributed by atoms with Gasteiger partial charge in [0.2, 0.25) is 0 Å². The summed E-state index contributed by atoms with van der Waals surface area (Å²) in [5.74, 6) is 0. The highest BCUT2D eigenvalue weighted by Crippen LogP contribution is 2.69. The molecule has 1 fully saturated rings. The second-order valence-corrected chi connectivity index (χ2v) is 6.84. The zero-order chi connectivity index (χ0) is 10.1. The Bertz CT molecular complexity index is 297. The predicted molar refractivity (Wildman–Crippen MR) is 59.8 cm³/mol. The Morgan fingerprint density at radius 1 is 1.23 bits per heavy atom. The van der Waals surface area contributed by atoms with Crippen molar-refractivity contribution in [2.45, 2.75) is 25.9 Å². The summed E-state index contributed by atoms with van der Waals surface area (Å²) in [6, 6.07) is 0. The van der Waals surface area contributed by atoms with Crippen LogP contribution < -0.4 is 0 Å². The van der Waals surface area contributed by atoms with Gasteiger partial charge in [-0.3, -0.25) is 0 Å². The van der Waals surface area contributed by atoms with Crippen molar-refractivity contribution in [1.82, 2.24) is 0 Å². The summed E-state index contributed by atoms with van der Waals surface area (Å²) in [6.45, 7) is 0. The van der Waals surface area contributed by atoms with E-state index in [0.29, 0.717) is 11.5 Å². The van der Waals surface area contributed by atoms with E-state index >= 15 is 0 Å². The van der Waals surface area contributed by atoms with Gasteiger partial charge in [0.15, 0.2) is 4.33 Å². The summed E-state index contributed by atoms with van der Waals surface area (Å²) in [5, 5.41) is -0.0183. The third-order valence-electron chi connectivity index (χ3n) is 2.61. The lowest BCUT2D eigenvalue weighted by atomic mass is 10.1. The van der Waals surface area contributed by atoms with Crippen molar-refractivity contribution < 1.29 is 0 Å². The quantitative estimate of drug-likeness (QED) is 0.586. The van der Waals surface area contributed by atoms with Crippen molar-refractivity contribution in [3.63, 3.8) is 0 Å². The molecule has 0 aliphatic heterocycles. The number of hydrogen-bond acceptors (Lipinski definition) is 0. The molecule has 2 bridgehead atoms. The first-order valence-corrected chi connectivity index (χ1v) is 5.87. The lowest BCUT2D eigenvalue weighted by Crippen LogP contribution is -2.43. The molecule has 0 N–H and O–H groups in total. The van der Waals surface area contributed by atoms with Crippen LogP contribution in [0.5, 0.6) is 0 Å². The number of rotatable bonds is 0. The van der Waals surface area contributed by atoms with Crippen molar-refractivity contribution >= 4 is 69.6 Å². The minimum atomic E-state index is -1.34. The average molecular weight is 301 g/mol. The molecule has 3 atom stereocenters. The third kappa shape index (κ3) is 1.03. The van der Waals surface area contributed by atoms with Gasteiger partial charge in [0, 0.05) is 5.03 Å². The first kappa shape index (κ1) is 11.0. The molecule has 74 valence electrons. The molecule has 6 heteroatoms. The van der Waals surface area contributed by atoms with Gasteiger partial charge >= 0.3 is 0 Å². The molecule has 13 heavy (non-hydrogen) atoms. The SMILES string of the molecule is ClC1=CC2(Cl)C(Cl)CC1(Cl)C2(Cl)Cl. The topological polar surface area (TPSA) is 0 Å². The van der Waals surface area contributed by atoms with Crippen LogP contribution >= 0.6 is 69.6 Å². The molecule has 0 radical (unpaired) electrons. The number of alkyl halides is 5. The van der Waals surface area contributed by atoms with Crippen LogP contribution in [0, 0.1) is 0 Å². The monoisotopic (exact) mass is 298 g/mol. The van der Waals surface area contributed by atoms with Gasteiger partial charge < -0.3 is 0 Å². The fraction of sp³-hybridized carbons (Fsp3) is 0.714. The van der Waals surface area contributed by atoms with Crippen LogP contribution in [-0.4, -0.2) is 19.5 Å². The van der Waals surface area contributed by atoms with Crippen molar-refractivity contribution in [2.24, 2.45) is 0 Å². The van der Waals surface area contributed by atoms with Gasteiger partial charge in [-0.2, -0.15) is 0 Å². The first-order valence-electron chi connectivity index (χ1n) is 3.54. The van der Waals surface area contributed by atoms with E-state index in [9.17, 15) is 0 Å². The highest BCUT2D eigenvalue weighted by atomic mass is 35.5. The van der Waals surface area contributed by atoms with E-state index in [1.165, 1.54) is 0 Å². The van der Waals surface area contributed by atoms with E-state index in [4.69, 9.17) is 69.6 Å². The Kier molecular flexibility index (Phi) is 2.35. The van der Waals surface area contributed by atoms with Crippen LogP contribution in [0.2, 0.25) is 0 Å². The standard InChI is InChI=1S/C7H4Cl6/c8-3-1-5(10)4(9)2-6(3,11)7(5,12)13/h1,4H,2H2. The third-order valence-corrected chi connectivity index (χ3v) is 6.70. The Hall–Kier alpha value is 1.48. The molecule has 3 unspecified atom stereocenters. The summed E-state index contributed by atoms with van der Waals surface area (Å²) in [7, 11) is 0. The number of fused-ring (bicyclic) bond motifs is 2. The van der Waals surface area contributed by atoms with Gasteiger partial charge in [-0.05, 0) is 12.5 Å². The van der Waals surface area contributed by atoms with Gasteiger partial charge in [-0.1, -0.05) is 34.8 Å². The molecular weight excluding hydrogens is 297 g/mol. The molecule has 0 spiro atoms. The maximum atomic E-state index is 6.19. The van der Waals surface area contributed by atoms with E-state index in [1.807, 2.05) is 0 Å². The molecule has 1 saturated carbocycles. The molecule has 0 nitrogen and oxygen atoms in total. The van der Waals surface area contributed by atoms with E-state index in [2.05, 4.69) is 0 Å². The summed E-state index contributed by atoms with van der Waals surface area (Å²) >= 11 is 36.4. The summed E-state index contributed by atoms with van der Waals surface area (Å²) in [5.41, 5.74) is 0. The highest BCUT2D eigenvalue weighted by Gasteiger charge is 2.74. The molecule has 0 amide bonds. The fourth-order valence-electron chi connectivity index (χ4n) is 1.75. The summed E-state index contributed by atoms with van der Waals surface area (Å²) in [4.78, 5) is -2.09. The summed E-state index contributed by atoms with van der Waals surface area (Å²) in [6.07, 6.45) is 1.92. The van der Waals surface area contributed by atoms with E-state index in [-0.39, 0.29) is 0 Å². The molecule has 2 rings (SSSR count). The van der Waals surface area contributed by atoms with Gasteiger partial charge in [-0.25, -0.2) is 0 Å². The smallest absolute Gasteiger partial charge is 0.121 e. The number of allylic oxidation sites excluding steroid dienone is 2. The molecule has 0 aromatic carbocycles. The molecule has 0 aromatic heterocycles. The predicted octanol–water partition coefficient (Wildman–Crippen LogP) is 4.26. The summed E-state index contributed by atoms with van der Waals surface area (Å²) < 4.78 is -1.34. The first-order chi connectivity index (χ1) is 5.76. The van der Waals surface area contributed by atoms with Crippen molar-refractivity contribution in [2.75, 3.05) is 0 Å². The lowest BCUT2D eigenvalue weighted by Gasteiger charge is -2.30. The fourth-order valence-corrected chi connectivity index (χ4v) is 4.44. The zero-order valence-corrected chi connectivity index (χ0v) is 10.7. The van der Waals surface area contributed by atoms with E-state index in [1.54, 1.807) is 6.08 Å². The Labute approximate surface area is 106 Å². The highest BCUT2D eigenvalue weighted by molar-refractivity contribution is 6.63. The van der Waals surface area contributed by atoms with Crippen LogP contribution in [0.1, 0.15) is 6.42 Å². The molecule has 2 aliphatic rings. The van der Waals surface area contributed by atoms with Crippen LogP contribution in [0.25, 0.3) is 0 Å². The van der Waals surface area contributed by atoms with Crippen LogP contribution in [0.15, 0.2) is 11.1 Å². The second kappa shape index (κ2) is 2.78. The largest absolute Gasteiger partial charge is 0.166 e. The van der Waals surface area contributed by atoms with Crippen LogP contribution in [0.4, 0.5) is 0 Å². The van der Waals surface area contributed by atoms with Gasteiger partial charge in [0.1, 0.15) is 9.75 Å². The Morgan fingerprint density at radius 2 is 1.77 bits per heavy atom. The number of hydrogen-bond donors (Lipinski definition) is 0. The number of halogens is 6.